The van der Waals surface area contributed by atoms with Crippen molar-refractivity contribution in [2.75, 3.05) is 0 Å². The Morgan fingerprint density at radius 1 is 0.923 bits per heavy atom. The van der Waals surface area contributed by atoms with Crippen LogP contribution in [0.1, 0.15) is 64.7 Å². The summed E-state index contributed by atoms with van der Waals surface area (Å²) in [5.74, 6) is 4.99. The zero-order chi connectivity index (χ0) is 9.78. The zero-order valence-corrected chi connectivity index (χ0v) is 8.97. The molecule has 13 heavy (non-hydrogen) atoms. The molecule has 0 amide bonds. The van der Waals surface area contributed by atoms with E-state index in [0.717, 1.165) is 6.42 Å². The number of hydrazone groups is 1. The summed E-state index contributed by atoms with van der Waals surface area (Å²) in [4.78, 5) is 0. The standard InChI is InChI=1S/C11H24N2/c1-2-3-4-5-6-7-8-9-10-11-13-12/h11H,2-10,12H2,1H3. The van der Waals surface area contributed by atoms with Gasteiger partial charge in [0.2, 0.25) is 0 Å². The van der Waals surface area contributed by atoms with Gasteiger partial charge in [-0.2, -0.15) is 5.10 Å². The van der Waals surface area contributed by atoms with Gasteiger partial charge in [-0.05, 0) is 12.8 Å². The van der Waals surface area contributed by atoms with Gasteiger partial charge in [0.15, 0.2) is 0 Å². The van der Waals surface area contributed by atoms with E-state index in [4.69, 9.17) is 5.84 Å². The van der Waals surface area contributed by atoms with E-state index >= 15 is 0 Å². The highest BCUT2D eigenvalue weighted by Gasteiger charge is 1.90. The third-order valence-electron chi connectivity index (χ3n) is 2.29. The van der Waals surface area contributed by atoms with E-state index in [-0.39, 0.29) is 0 Å². The molecule has 0 aromatic heterocycles. The number of hydrogen-bond acceptors (Lipinski definition) is 2. The molecule has 0 aliphatic heterocycles. The molecule has 0 saturated carbocycles. The van der Waals surface area contributed by atoms with Gasteiger partial charge in [-0.15, -0.1) is 0 Å². The molecule has 0 atom stereocenters. The lowest BCUT2D eigenvalue weighted by Crippen LogP contribution is -1.84. The van der Waals surface area contributed by atoms with E-state index in [0.29, 0.717) is 0 Å². The van der Waals surface area contributed by atoms with Gasteiger partial charge in [0.1, 0.15) is 0 Å². The van der Waals surface area contributed by atoms with Crippen LogP contribution in [0.5, 0.6) is 0 Å². The van der Waals surface area contributed by atoms with Gasteiger partial charge in [0.25, 0.3) is 0 Å². The summed E-state index contributed by atoms with van der Waals surface area (Å²) < 4.78 is 0. The molecule has 0 heterocycles. The monoisotopic (exact) mass is 184 g/mol. The normalized spacial score (nSPS) is 11.2. The van der Waals surface area contributed by atoms with Crippen LogP contribution >= 0.6 is 0 Å². The van der Waals surface area contributed by atoms with Gasteiger partial charge < -0.3 is 5.84 Å². The molecule has 0 aromatic carbocycles. The van der Waals surface area contributed by atoms with Gasteiger partial charge in [-0.25, -0.2) is 0 Å². The van der Waals surface area contributed by atoms with Crippen molar-refractivity contribution in [3.05, 3.63) is 0 Å². The molecule has 0 saturated heterocycles. The van der Waals surface area contributed by atoms with Crippen molar-refractivity contribution in [1.82, 2.24) is 0 Å². The average molecular weight is 184 g/mol. The Balaban J connectivity index is 2.83. The number of rotatable bonds is 9. The van der Waals surface area contributed by atoms with Crippen LogP contribution < -0.4 is 5.84 Å². The molecule has 0 bridgehead atoms. The molecule has 78 valence electrons. The summed E-state index contributed by atoms with van der Waals surface area (Å²) in [5.41, 5.74) is 0. The van der Waals surface area contributed by atoms with Crippen LogP contribution in [0.4, 0.5) is 0 Å². The topological polar surface area (TPSA) is 38.4 Å². The second-order valence-corrected chi connectivity index (χ2v) is 3.60. The highest BCUT2D eigenvalue weighted by Crippen LogP contribution is 2.08. The lowest BCUT2D eigenvalue weighted by Gasteiger charge is -1.99. The Morgan fingerprint density at radius 3 is 2.00 bits per heavy atom. The summed E-state index contributed by atoms with van der Waals surface area (Å²) in [6.45, 7) is 2.26. The fraction of sp³-hybridized carbons (Fsp3) is 0.909. The smallest absolute Gasteiger partial charge is 0.0240 e. The van der Waals surface area contributed by atoms with Gasteiger partial charge in [-0.1, -0.05) is 51.9 Å². The Kier molecular flexibility index (Phi) is 11.0. The van der Waals surface area contributed by atoms with Crippen molar-refractivity contribution in [3.63, 3.8) is 0 Å². The number of hydrogen-bond donors (Lipinski definition) is 1. The lowest BCUT2D eigenvalue weighted by molar-refractivity contribution is 0.580. The van der Waals surface area contributed by atoms with Gasteiger partial charge in [0.05, 0.1) is 0 Å². The molecular weight excluding hydrogens is 160 g/mol. The van der Waals surface area contributed by atoms with Crippen molar-refractivity contribution >= 4 is 6.21 Å². The molecule has 2 nitrogen and oxygen atoms in total. The highest BCUT2D eigenvalue weighted by molar-refractivity contribution is 5.56. The van der Waals surface area contributed by atoms with Crippen LogP contribution in [0.3, 0.4) is 0 Å². The predicted octanol–water partition coefficient (Wildman–Crippen LogP) is 3.46. The molecule has 0 radical (unpaired) electrons. The molecule has 0 aliphatic rings. The second-order valence-electron chi connectivity index (χ2n) is 3.60. The van der Waals surface area contributed by atoms with Crippen LogP contribution in [0.15, 0.2) is 5.10 Å². The molecular formula is C11H24N2. The van der Waals surface area contributed by atoms with E-state index in [9.17, 15) is 0 Å². The lowest BCUT2D eigenvalue weighted by atomic mass is 10.1. The minimum atomic E-state index is 1.05. The van der Waals surface area contributed by atoms with E-state index in [1.54, 1.807) is 6.21 Å². The molecule has 0 rings (SSSR count). The van der Waals surface area contributed by atoms with Crippen molar-refractivity contribution in [2.45, 2.75) is 64.7 Å². The molecule has 2 heteroatoms. The van der Waals surface area contributed by atoms with E-state index in [2.05, 4.69) is 12.0 Å². The molecule has 0 unspecified atom stereocenters. The fourth-order valence-corrected chi connectivity index (χ4v) is 1.44. The predicted molar refractivity (Wildman–Crippen MR) is 59.9 cm³/mol. The third kappa shape index (κ3) is 11.5. The molecule has 0 spiro atoms. The zero-order valence-electron chi connectivity index (χ0n) is 8.97. The van der Waals surface area contributed by atoms with E-state index in [1.807, 2.05) is 0 Å². The highest BCUT2D eigenvalue weighted by atomic mass is 15.1. The summed E-state index contributed by atoms with van der Waals surface area (Å²) in [7, 11) is 0. The Labute approximate surface area is 82.6 Å². The second kappa shape index (κ2) is 11.5. The fourth-order valence-electron chi connectivity index (χ4n) is 1.44. The minimum absolute atomic E-state index is 1.05. The maximum absolute atomic E-state index is 4.99. The van der Waals surface area contributed by atoms with E-state index in [1.165, 1.54) is 51.4 Å². The third-order valence-corrected chi connectivity index (χ3v) is 2.29. The largest absolute Gasteiger partial charge is 0.324 e. The number of nitrogens with two attached hydrogens (primary N) is 1. The first-order chi connectivity index (χ1) is 6.41. The Hall–Kier alpha value is -0.530. The Morgan fingerprint density at radius 2 is 1.46 bits per heavy atom. The molecule has 0 aromatic rings. The van der Waals surface area contributed by atoms with Crippen molar-refractivity contribution in [1.29, 1.82) is 0 Å². The summed E-state index contributed by atoms with van der Waals surface area (Å²) in [5, 5.41) is 3.47. The summed E-state index contributed by atoms with van der Waals surface area (Å²) >= 11 is 0. The van der Waals surface area contributed by atoms with E-state index < -0.39 is 0 Å². The molecule has 2 N–H and O–H groups in total. The minimum Gasteiger partial charge on any atom is -0.324 e. The molecule has 0 fully saturated rings. The average Bonchev–Trinajstić information content (AvgIpc) is 2.16. The first kappa shape index (κ1) is 12.5. The van der Waals surface area contributed by atoms with Gasteiger partial charge in [-0.3, -0.25) is 0 Å². The van der Waals surface area contributed by atoms with Crippen LogP contribution in [0, 0.1) is 0 Å². The SMILES string of the molecule is CCCCCCCCCCC=NN. The van der Waals surface area contributed by atoms with Gasteiger partial charge >= 0.3 is 0 Å². The quantitative estimate of drug-likeness (QED) is 0.253. The van der Waals surface area contributed by atoms with Crippen LogP contribution in [-0.2, 0) is 0 Å². The first-order valence-electron chi connectivity index (χ1n) is 5.63. The van der Waals surface area contributed by atoms with Crippen molar-refractivity contribution < 1.29 is 0 Å². The van der Waals surface area contributed by atoms with Crippen LogP contribution in [0.25, 0.3) is 0 Å². The van der Waals surface area contributed by atoms with Crippen LogP contribution in [-0.4, -0.2) is 6.21 Å². The summed E-state index contributed by atoms with van der Waals surface area (Å²) in [6.07, 6.45) is 13.8. The first-order valence-corrected chi connectivity index (χ1v) is 5.63. The van der Waals surface area contributed by atoms with Crippen molar-refractivity contribution in [2.24, 2.45) is 10.9 Å². The Bertz CT molecular complexity index is 111. The van der Waals surface area contributed by atoms with Gasteiger partial charge in [0, 0.05) is 6.21 Å². The summed E-state index contributed by atoms with van der Waals surface area (Å²) in [6, 6.07) is 0. The maximum Gasteiger partial charge on any atom is 0.0240 e. The number of unbranched alkanes of at least 4 members (excludes halogenated alkanes) is 8. The van der Waals surface area contributed by atoms with Crippen molar-refractivity contribution in [3.8, 4) is 0 Å². The maximum atomic E-state index is 4.99. The van der Waals surface area contributed by atoms with Crippen LogP contribution in [0.2, 0.25) is 0 Å². The molecule has 0 aliphatic carbocycles. The number of nitrogens with zero attached hydrogens (tertiary/aromatic N) is 1.